The van der Waals surface area contributed by atoms with E-state index in [0.29, 0.717) is 5.92 Å². The van der Waals surface area contributed by atoms with Crippen molar-refractivity contribution in [3.05, 3.63) is 125 Å². The van der Waals surface area contributed by atoms with E-state index in [1.54, 1.807) is 0 Å². The summed E-state index contributed by atoms with van der Waals surface area (Å²) in [6, 6.07) is 36.3. The van der Waals surface area contributed by atoms with Crippen LogP contribution in [0, 0.1) is 19.8 Å². The van der Waals surface area contributed by atoms with Crippen LogP contribution >= 0.6 is 23.5 Å². The van der Waals surface area contributed by atoms with Gasteiger partial charge in [0.15, 0.2) is 0 Å². The van der Waals surface area contributed by atoms with Crippen molar-refractivity contribution in [2.45, 2.75) is 35.5 Å². The van der Waals surface area contributed by atoms with E-state index in [9.17, 15) is 0 Å². The van der Waals surface area contributed by atoms with Crippen LogP contribution in [-0.4, -0.2) is 5.75 Å². The maximum atomic E-state index is 2.47. The second-order valence-corrected chi connectivity index (χ2v) is 12.4. The molecule has 1 atom stereocenters. The van der Waals surface area contributed by atoms with Crippen molar-refractivity contribution in [2.75, 3.05) is 5.75 Å². The molecule has 5 aromatic carbocycles. The molecule has 0 saturated heterocycles. The molecule has 0 bridgehead atoms. The van der Waals surface area contributed by atoms with Crippen LogP contribution in [0.2, 0.25) is 0 Å². The Bertz CT molecular complexity index is 1720. The van der Waals surface area contributed by atoms with Gasteiger partial charge in [-0.15, -0.1) is 11.8 Å². The quantitative estimate of drug-likeness (QED) is 0.215. The van der Waals surface area contributed by atoms with Gasteiger partial charge in [0.05, 0.1) is 0 Å². The van der Waals surface area contributed by atoms with E-state index >= 15 is 0 Å². The molecule has 0 N–H and O–H groups in total. The molecule has 37 heavy (non-hydrogen) atoms. The van der Waals surface area contributed by atoms with Crippen LogP contribution in [-0.2, 0) is 0 Å². The van der Waals surface area contributed by atoms with Crippen molar-refractivity contribution >= 4 is 45.4 Å². The lowest BCUT2D eigenvalue weighted by molar-refractivity contribution is 0.858. The van der Waals surface area contributed by atoms with E-state index < -0.39 is 0 Å². The van der Waals surface area contributed by atoms with Gasteiger partial charge in [0, 0.05) is 20.4 Å². The highest BCUT2D eigenvalue weighted by Crippen LogP contribution is 2.54. The molecule has 5 aromatic rings. The first-order chi connectivity index (χ1) is 18.1. The van der Waals surface area contributed by atoms with E-state index in [1.165, 1.54) is 75.5 Å². The number of fused-ring (bicyclic) bond motifs is 5. The molecule has 0 amide bonds. The van der Waals surface area contributed by atoms with E-state index in [1.807, 2.05) is 23.5 Å². The van der Waals surface area contributed by atoms with Gasteiger partial charge in [-0.25, -0.2) is 0 Å². The Morgan fingerprint density at radius 1 is 0.649 bits per heavy atom. The summed E-state index contributed by atoms with van der Waals surface area (Å²) < 4.78 is 0. The molecule has 0 fully saturated rings. The zero-order valence-corrected chi connectivity index (χ0v) is 23.0. The maximum absolute atomic E-state index is 2.47. The Hall–Kier alpha value is -3.20. The van der Waals surface area contributed by atoms with Crippen LogP contribution in [0.1, 0.15) is 34.7 Å². The maximum Gasteiger partial charge on any atom is 0.0201 e. The minimum absolute atomic E-state index is 0.450. The number of rotatable bonds is 1. The van der Waals surface area contributed by atoms with Gasteiger partial charge in [-0.2, -0.15) is 0 Å². The Kier molecular flexibility index (Phi) is 5.57. The number of hydrogen-bond donors (Lipinski definition) is 0. The van der Waals surface area contributed by atoms with Gasteiger partial charge in [-0.05, 0) is 105 Å². The Balaban J connectivity index is 1.59. The average Bonchev–Trinajstić information content (AvgIpc) is 2.92. The third-order valence-electron chi connectivity index (χ3n) is 7.81. The van der Waals surface area contributed by atoms with Gasteiger partial charge in [-0.1, -0.05) is 91.5 Å². The molecule has 180 valence electrons. The number of benzene rings is 5. The summed E-state index contributed by atoms with van der Waals surface area (Å²) in [6.45, 7) is 6.88. The van der Waals surface area contributed by atoms with Crippen LogP contribution in [0.3, 0.4) is 0 Å². The van der Waals surface area contributed by atoms with Crippen molar-refractivity contribution < 1.29 is 0 Å². The molecular weight excluding hydrogens is 485 g/mol. The predicted octanol–water partition coefficient (Wildman–Crippen LogP) is 10.3. The van der Waals surface area contributed by atoms with Crippen molar-refractivity contribution in [3.8, 4) is 11.1 Å². The first-order valence-corrected chi connectivity index (χ1v) is 14.8. The normalized spacial score (nSPS) is 18.3. The molecule has 0 unspecified atom stereocenters. The smallest absolute Gasteiger partial charge is 0.0201 e. The van der Waals surface area contributed by atoms with Gasteiger partial charge in [-0.3, -0.25) is 0 Å². The number of aryl methyl sites for hydroxylation is 2. The van der Waals surface area contributed by atoms with Crippen LogP contribution < -0.4 is 0 Å². The lowest BCUT2D eigenvalue weighted by Crippen LogP contribution is -2.14. The van der Waals surface area contributed by atoms with E-state index in [2.05, 4.69) is 118 Å². The number of hydrogen-bond acceptors (Lipinski definition) is 2. The minimum Gasteiger partial charge on any atom is -0.125 e. The molecular formula is C35H28S2. The van der Waals surface area contributed by atoms with E-state index in [4.69, 9.17) is 0 Å². The van der Waals surface area contributed by atoms with Crippen molar-refractivity contribution in [3.63, 3.8) is 0 Å². The highest BCUT2D eigenvalue weighted by molar-refractivity contribution is 7.99. The fourth-order valence-electron chi connectivity index (χ4n) is 6.12. The topological polar surface area (TPSA) is 0 Å². The standard InChI is InChI=1S/C35H28S2/c1-21-9-8-10-22(2)32(21)25-16-17-30-28(19-25)34(27-13-6-7-14-29(27)37-30)33-23(3)20-36-31-18-15-24-11-4-5-12-26(24)35(31)33/h4-19,23H,20H2,1-3H3/b34-33+/t23-/m0/s1. The SMILES string of the molecule is Cc1cccc(C)c1-c1ccc2c(c1)/C(=C1/c3c(ccc4ccccc34)SC[C@@H]1C)c1ccccc1S2. The van der Waals surface area contributed by atoms with E-state index in [-0.39, 0.29) is 0 Å². The summed E-state index contributed by atoms with van der Waals surface area (Å²) in [4.78, 5) is 4.11. The summed E-state index contributed by atoms with van der Waals surface area (Å²) in [5.41, 5.74) is 12.4. The van der Waals surface area contributed by atoms with Gasteiger partial charge < -0.3 is 0 Å². The fourth-order valence-corrected chi connectivity index (χ4v) is 8.32. The summed E-state index contributed by atoms with van der Waals surface area (Å²) in [7, 11) is 0. The molecule has 0 aliphatic carbocycles. The molecule has 2 aliphatic heterocycles. The molecule has 0 radical (unpaired) electrons. The molecule has 7 rings (SSSR count). The summed E-state index contributed by atoms with van der Waals surface area (Å²) in [5.74, 6) is 1.55. The zero-order chi connectivity index (χ0) is 25.1. The van der Waals surface area contributed by atoms with Gasteiger partial charge in [0.1, 0.15) is 0 Å². The van der Waals surface area contributed by atoms with Crippen LogP contribution in [0.25, 0.3) is 33.0 Å². The van der Waals surface area contributed by atoms with Crippen molar-refractivity contribution in [1.82, 2.24) is 0 Å². The Morgan fingerprint density at radius 3 is 2.24 bits per heavy atom. The van der Waals surface area contributed by atoms with E-state index in [0.717, 1.165) is 5.75 Å². The third kappa shape index (κ3) is 3.69. The number of allylic oxidation sites excluding steroid dienone is 1. The molecule has 0 saturated carbocycles. The molecule has 2 heterocycles. The molecule has 0 nitrogen and oxygen atoms in total. The summed E-state index contributed by atoms with van der Waals surface area (Å²) >= 11 is 3.92. The first kappa shape index (κ1) is 23.0. The molecule has 0 spiro atoms. The second kappa shape index (κ2) is 8.97. The van der Waals surface area contributed by atoms with Crippen LogP contribution in [0.15, 0.2) is 112 Å². The predicted molar refractivity (Wildman–Crippen MR) is 162 cm³/mol. The fraction of sp³-hybridized carbons (Fsp3) is 0.143. The van der Waals surface area contributed by atoms with Crippen LogP contribution in [0.5, 0.6) is 0 Å². The second-order valence-electron chi connectivity index (χ2n) is 10.2. The number of thioether (sulfide) groups is 1. The monoisotopic (exact) mass is 512 g/mol. The third-order valence-corrected chi connectivity index (χ3v) is 10.3. The van der Waals surface area contributed by atoms with Crippen molar-refractivity contribution in [2.24, 2.45) is 5.92 Å². The average molecular weight is 513 g/mol. The largest absolute Gasteiger partial charge is 0.125 e. The highest BCUT2D eigenvalue weighted by atomic mass is 32.2. The Morgan fingerprint density at radius 2 is 1.38 bits per heavy atom. The summed E-state index contributed by atoms with van der Waals surface area (Å²) in [6.07, 6.45) is 0. The van der Waals surface area contributed by atoms with Crippen LogP contribution in [0.4, 0.5) is 0 Å². The first-order valence-electron chi connectivity index (χ1n) is 13.0. The minimum atomic E-state index is 0.450. The molecule has 2 heteroatoms. The Labute approximate surface area is 227 Å². The lowest BCUT2D eigenvalue weighted by atomic mass is 9.81. The lowest BCUT2D eigenvalue weighted by Gasteiger charge is -2.32. The highest BCUT2D eigenvalue weighted by Gasteiger charge is 2.31. The van der Waals surface area contributed by atoms with Gasteiger partial charge in [0.25, 0.3) is 0 Å². The van der Waals surface area contributed by atoms with Gasteiger partial charge in [0.2, 0.25) is 0 Å². The van der Waals surface area contributed by atoms with Gasteiger partial charge >= 0.3 is 0 Å². The zero-order valence-electron chi connectivity index (χ0n) is 21.3. The summed E-state index contributed by atoms with van der Waals surface area (Å²) in [5, 5.41) is 2.68. The molecule has 2 aliphatic rings. The van der Waals surface area contributed by atoms with Crippen molar-refractivity contribution in [1.29, 1.82) is 0 Å². The molecule has 0 aromatic heterocycles.